The van der Waals surface area contributed by atoms with Gasteiger partial charge in [0.1, 0.15) is 23.0 Å². The molecule has 0 spiro atoms. The van der Waals surface area contributed by atoms with E-state index in [1.807, 2.05) is 32.0 Å². The van der Waals surface area contributed by atoms with Crippen LogP contribution in [0.3, 0.4) is 0 Å². The standard InChI is InChI=1S/C43H58N2O11/c1-28(2)25-36(40(50)53-35(17-14-18-37(47)55-42(4,5)6)34(46)24-21-30-15-12-11-13-16-30)54-39(49)29(3)27-44-38(48)33(45-41(51)56-43(7,8)9)26-31-19-22-32(52-10)23-20-31/h11-16,18-24,28-29,33,35-36H,17,25-27H2,1-10H3,(H,44,48)(H,45,51)/b18-14+,24-21+/t29-,33-,35+,36+/m1/s1. The van der Waals surface area contributed by atoms with Gasteiger partial charge in [-0.05, 0) is 83.2 Å². The Hall–Kier alpha value is -5.46. The van der Waals surface area contributed by atoms with Crippen molar-refractivity contribution in [1.29, 1.82) is 0 Å². The van der Waals surface area contributed by atoms with Crippen LogP contribution in [-0.4, -0.2) is 78.8 Å². The topological polar surface area (TPSA) is 173 Å². The third-order valence-electron chi connectivity index (χ3n) is 7.62. The van der Waals surface area contributed by atoms with E-state index < -0.39 is 71.1 Å². The van der Waals surface area contributed by atoms with Crippen molar-refractivity contribution < 1.29 is 52.5 Å². The number of hydrogen-bond donors (Lipinski definition) is 2. The maximum atomic E-state index is 13.6. The van der Waals surface area contributed by atoms with Crippen LogP contribution in [0.2, 0.25) is 0 Å². The second-order valence-corrected chi connectivity index (χ2v) is 15.7. The van der Waals surface area contributed by atoms with Gasteiger partial charge in [-0.15, -0.1) is 0 Å². The lowest BCUT2D eigenvalue weighted by Gasteiger charge is -2.24. The zero-order valence-electron chi connectivity index (χ0n) is 34.2. The van der Waals surface area contributed by atoms with Crippen molar-refractivity contribution in [3.63, 3.8) is 0 Å². The van der Waals surface area contributed by atoms with Gasteiger partial charge in [-0.3, -0.25) is 14.4 Å². The number of carbonyl (C=O) groups excluding carboxylic acids is 6. The first-order valence-electron chi connectivity index (χ1n) is 18.6. The monoisotopic (exact) mass is 778 g/mol. The van der Waals surface area contributed by atoms with Crippen molar-refractivity contribution in [3.8, 4) is 5.75 Å². The third kappa shape index (κ3) is 18.7. The van der Waals surface area contributed by atoms with Crippen LogP contribution in [0.5, 0.6) is 5.75 Å². The molecular weight excluding hydrogens is 720 g/mol. The van der Waals surface area contributed by atoms with Crippen LogP contribution in [0.15, 0.2) is 72.8 Å². The van der Waals surface area contributed by atoms with Crippen LogP contribution >= 0.6 is 0 Å². The summed E-state index contributed by atoms with van der Waals surface area (Å²) in [7, 11) is 1.54. The normalized spacial score (nSPS) is 14.0. The fourth-order valence-electron chi connectivity index (χ4n) is 4.91. The Balaban J connectivity index is 2.18. The number of methoxy groups -OCH3 is 1. The van der Waals surface area contributed by atoms with E-state index in [4.69, 9.17) is 23.7 Å². The Morgan fingerprint density at radius 3 is 1.93 bits per heavy atom. The van der Waals surface area contributed by atoms with E-state index in [0.717, 1.165) is 17.2 Å². The van der Waals surface area contributed by atoms with Crippen LogP contribution in [0.25, 0.3) is 6.08 Å². The maximum Gasteiger partial charge on any atom is 0.408 e. The molecule has 0 aliphatic carbocycles. The van der Waals surface area contributed by atoms with Crippen LogP contribution in [0.1, 0.15) is 86.3 Å². The molecule has 4 atom stereocenters. The molecule has 2 N–H and O–H groups in total. The number of hydrogen-bond acceptors (Lipinski definition) is 11. The molecule has 2 aromatic carbocycles. The second-order valence-electron chi connectivity index (χ2n) is 15.7. The van der Waals surface area contributed by atoms with E-state index in [1.165, 1.54) is 26.2 Å². The van der Waals surface area contributed by atoms with Crippen molar-refractivity contribution in [2.24, 2.45) is 11.8 Å². The number of benzene rings is 2. The molecule has 0 saturated carbocycles. The van der Waals surface area contributed by atoms with Gasteiger partial charge in [-0.2, -0.15) is 0 Å². The summed E-state index contributed by atoms with van der Waals surface area (Å²) < 4.78 is 27.1. The Morgan fingerprint density at radius 1 is 0.750 bits per heavy atom. The molecule has 2 aromatic rings. The number of esters is 3. The SMILES string of the molecule is COc1ccc(C[C@@H](NC(=O)OC(C)(C)C)C(=O)NC[C@@H](C)C(=O)O[C@@H](CC(C)C)C(=O)O[C@@H](C/C=C/C(=O)OC(C)(C)C)C(=O)/C=C/c2ccccc2)cc1. The minimum absolute atomic E-state index is 0.0852. The highest BCUT2D eigenvalue weighted by molar-refractivity contribution is 5.98. The number of ketones is 1. The molecule has 0 saturated heterocycles. The van der Waals surface area contributed by atoms with Crippen molar-refractivity contribution in [3.05, 3.63) is 84.0 Å². The summed E-state index contributed by atoms with van der Waals surface area (Å²) in [4.78, 5) is 78.5. The summed E-state index contributed by atoms with van der Waals surface area (Å²) in [6.45, 7) is 15.2. The number of carbonyl (C=O) groups is 6. The van der Waals surface area contributed by atoms with E-state index >= 15 is 0 Å². The van der Waals surface area contributed by atoms with Crippen LogP contribution in [-0.2, 0) is 49.3 Å². The van der Waals surface area contributed by atoms with Crippen molar-refractivity contribution in [1.82, 2.24) is 10.6 Å². The molecule has 0 aliphatic heterocycles. The zero-order valence-corrected chi connectivity index (χ0v) is 34.2. The van der Waals surface area contributed by atoms with Gasteiger partial charge in [0, 0.05) is 25.5 Å². The lowest BCUT2D eigenvalue weighted by molar-refractivity contribution is -0.175. The maximum absolute atomic E-state index is 13.6. The highest BCUT2D eigenvalue weighted by Crippen LogP contribution is 2.18. The highest BCUT2D eigenvalue weighted by atomic mass is 16.6. The number of nitrogens with one attached hydrogen (secondary N) is 2. The number of alkyl carbamates (subject to hydrolysis) is 1. The minimum atomic E-state index is -1.37. The van der Waals surface area contributed by atoms with Crippen molar-refractivity contribution in [2.75, 3.05) is 13.7 Å². The molecule has 0 aliphatic rings. The smallest absolute Gasteiger partial charge is 0.408 e. The molecule has 13 heteroatoms. The van der Waals surface area contributed by atoms with Crippen LogP contribution in [0.4, 0.5) is 4.79 Å². The molecule has 0 unspecified atom stereocenters. The number of ether oxygens (including phenoxy) is 5. The number of rotatable bonds is 19. The Bertz CT molecular complexity index is 1670. The molecule has 13 nitrogen and oxygen atoms in total. The second kappa shape index (κ2) is 22.2. The molecule has 2 rings (SSSR count). The molecule has 0 heterocycles. The fraction of sp³-hybridized carbons (Fsp3) is 0.488. The van der Waals surface area contributed by atoms with E-state index in [0.29, 0.717) is 5.75 Å². The highest BCUT2D eigenvalue weighted by Gasteiger charge is 2.32. The summed E-state index contributed by atoms with van der Waals surface area (Å²) in [5.41, 5.74) is -0.0568. The van der Waals surface area contributed by atoms with Gasteiger partial charge in [-0.1, -0.05) is 75.4 Å². The van der Waals surface area contributed by atoms with Gasteiger partial charge in [0.15, 0.2) is 18.0 Å². The van der Waals surface area contributed by atoms with E-state index in [1.54, 1.807) is 84.0 Å². The van der Waals surface area contributed by atoms with Gasteiger partial charge < -0.3 is 34.3 Å². The Morgan fingerprint density at radius 2 is 1.36 bits per heavy atom. The molecule has 2 amide bonds. The van der Waals surface area contributed by atoms with Crippen molar-refractivity contribution in [2.45, 2.75) is 111 Å². The first kappa shape index (κ1) is 46.7. The Labute approximate surface area is 330 Å². The largest absolute Gasteiger partial charge is 0.497 e. The Kier molecular flexibility index (Phi) is 18.5. The molecule has 0 aromatic heterocycles. The first-order chi connectivity index (χ1) is 26.1. The predicted octanol–water partition coefficient (Wildman–Crippen LogP) is 6.32. The van der Waals surface area contributed by atoms with Crippen LogP contribution < -0.4 is 15.4 Å². The van der Waals surface area contributed by atoms with Gasteiger partial charge in [0.05, 0.1) is 13.0 Å². The summed E-state index contributed by atoms with van der Waals surface area (Å²) in [6.07, 6.45) is 1.94. The molecule has 56 heavy (non-hydrogen) atoms. The zero-order chi connectivity index (χ0) is 42.1. The summed E-state index contributed by atoms with van der Waals surface area (Å²) in [5, 5.41) is 5.29. The summed E-state index contributed by atoms with van der Waals surface area (Å²) in [5.74, 6) is -3.91. The van der Waals surface area contributed by atoms with Crippen LogP contribution in [0, 0.1) is 11.8 Å². The summed E-state index contributed by atoms with van der Waals surface area (Å²) >= 11 is 0. The van der Waals surface area contributed by atoms with Gasteiger partial charge in [0.25, 0.3) is 0 Å². The third-order valence-corrected chi connectivity index (χ3v) is 7.62. The lowest BCUT2D eigenvalue weighted by atomic mass is 10.0. The van der Waals surface area contributed by atoms with E-state index in [-0.39, 0.29) is 31.7 Å². The molecule has 0 bridgehead atoms. The number of amides is 2. The molecule has 0 radical (unpaired) electrons. The lowest BCUT2D eigenvalue weighted by Crippen LogP contribution is -2.50. The summed E-state index contributed by atoms with van der Waals surface area (Å²) in [6, 6.07) is 15.0. The van der Waals surface area contributed by atoms with Gasteiger partial charge in [0.2, 0.25) is 5.91 Å². The van der Waals surface area contributed by atoms with Gasteiger partial charge in [-0.25, -0.2) is 14.4 Å². The molecule has 306 valence electrons. The fourth-order valence-corrected chi connectivity index (χ4v) is 4.91. The van der Waals surface area contributed by atoms with Gasteiger partial charge >= 0.3 is 24.0 Å². The average molecular weight is 779 g/mol. The molecule has 0 fully saturated rings. The predicted molar refractivity (Wildman–Crippen MR) is 211 cm³/mol. The van der Waals surface area contributed by atoms with Crippen molar-refractivity contribution >= 4 is 41.8 Å². The molecular formula is C43H58N2O11. The van der Waals surface area contributed by atoms with E-state index in [2.05, 4.69) is 10.6 Å². The quantitative estimate of drug-likeness (QED) is 0.0928. The van der Waals surface area contributed by atoms with E-state index in [9.17, 15) is 28.8 Å². The average Bonchev–Trinajstić information content (AvgIpc) is 3.10. The minimum Gasteiger partial charge on any atom is -0.497 e. The first-order valence-corrected chi connectivity index (χ1v) is 18.6.